The SMILES string of the molecule is COc1ccccc1C(CNC(=O)c1c(C)nn2cccnc12)N1CCCCC1. The van der Waals surface area contributed by atoms with Crippen molar-refractivity contribution in [3.63, 3.8) is 0 Å². The Hall–Kier alpha value is -2.93. The lowest BCUT2D eigenvalue weighted by atomic mass is 10.0. The van der Waals surface area contributed by atoms with Gasteiger partial charge < -0.3 is 10.1 Å². The first kappa shape index (κ1) is 19.4. The van der Waals surface area contributed by atoms with Crippen LogP contribution in [0.3, 0.4) is 0 Å². The summed E-state index contributed by atoms with van der Waals surface area (Å²) in [7, 11) is 1.69. The van der Waals surface area contributed by atoms with Gasteiger partial charge in [0.25, 0.3) is 5.91 Å². The Kier molecular flexibility index (Phi) is 5.76. The van der Waals surface area contributed by atoms with Gasteiger partial charge in [0.1, 0.15) is 11.3 Å². The van der Waals surface area contributed by atoms with Crippen LogP contribution in [0.1, 0.15) is 46.9 Å². The van der Waals surface area contributed by atoms with Crippen LogP contribution in [0.2, 0.25) is 0 Å². The lowest BCUT2D eigenvalue weighted by molar-refractivity contribution is 0.0924. The van der Waals surface area contributed by atoms with Crippen molar-refractivity contribution < 1.29 is 9.53 Å². The average Bonchev–Trinajstić information content (AvgIpc) is 3.10. The maximum absolute atomic E-state index is 13.1. The summed E-state index contributed by atoms with van der Waals surface area (Å²) in [5.74, 6) is 0.708. The lowest BCUT2D eigenvalue weighted by Gasteiger charge is -2.35. The highest BCUT2D eigenvalue weighted by atomic mass is 16.5. The smallest absolute Gasteiger partial charge is 0.257 e. The van der Waals surface area contributed by atoms with Gasteiger partial charge in [-0.1, -0.05) is 24.6 Å². The quantitative estimate of drug-likeness (QED) is 0.697. The van der Waals surface area contributed by atoms with Crippen molar-refractivity contribution in [2.24, 2.45) is 0 Å². The summed E-state index contributed by atoms with van der Waals surface area (Å²) >= 11 is 0. The number of aromatic nitrogens is 3. The molecule has 1 aromatic carbocycles. The zero-order chi connectivity index (χ0) is 20.2. The minimum Gasteiger partial charge on any atom is -0.496 e. The molecule has 3 aromatic rings. The molecule has 0 bridgehead atoms. The Bertz CT molecular complexity index is 994. The fraction of sp³-hybridized carbons (Fsp3) is 0.409. The van der Waals surface area contributed by atoms with Gasteiger partial charge in [-0.15, -0.1) is 0 Å². The number of fused-ring (bicyclic) bond motifs is 1. The Morgan fingerprint density at radius 3 is 2.79 bits per heavy atom. The summed E-state index contributed by atoms with van der Waals surface area (Å²) in [4.78, 5) is 19.8. The molecule has 7 nitrogen and oxygen atoms in total. The Balaban J connectivity index is 1.59. The number of benzene rings is 1. The van der Waals surface area contributed by atoms with Crippen LogP contribution in [0, 0.1) is 6.92 Å². The van der Waals surface area contributed by atoms with Crippen LogP contribution in [-0.4, -0.2) is 52.1 Å². The van der Waals surface area contributed by atoms with E-state index in [0.717, 1.165) is 24.4 Å². The number of methoxy groups -OCH3 is 1. The third kappa shape index (κ3) is 3.96. The zero-order valence-electron chi connectivity index (χ0n) is 17.0. The number of carbonyl (C=O) groups is 1. The molecule has 1 aliphatic heterocycles. The van der Waals surface area contributed by atoms with Crippen LogP contribution < -0.4 is 10.1 Å². The van der Waals surface area contributed by atoms with E-state index in [0.29, 0.717) is 23.4 Å². The number of piperidine rings is 1. The maximum atomic E-state index is 13.1. The zero-order valence-corrected chi connectivity index (χ0v) is 17.0. The van der Waals surface area contributed by atoms with E-state index < -0.39 is 0 Å². The van der Waals surface area contributed by atoms with Crippen molar-refractivity contribution >= 4 is 11.6 Å². The van der Waals surface area contributed by atoms with Gasteiger partial charge in [0, 0.05) is 24.5 Å². The second-order valence-electron chi connectivity index (χ2n) is 7.41. The first-order valence-electron chi connectivity index (χ1n) is 10.1. The van der Waals surface area contributed by atoms with E-state index in [4.69, 9.17) is 4.74 Å². The normalized spacial score (nSPS) is 15.9. The van der Waals surface area contributed by atoms with Gasteiger partial charge in [-0.2, -0.15) is 5.10 Å². The third-order valence-corrected chi connectivity index (χ3v) is 5.58. The standard InChI is InChI=1S/C22H27N5O2/c1-16-20(21-23-11-8-14-27(21)25-16)22(28)24-15-18(26-12-6-3-7-13-26)17-9-4-5-10-19(17)29-2/h4-5,8-11,14,18H,3,6-7,12-13,15H2,1-2H3,(H,24,28). The number of hydrogen-bond acceptors (Lipinski definition) is 5. The van der Waals surface area contributed by atoms with Crippen LogP contribution in [0.15, 0.2) is 42.7 Å². The first-order valence-corrected chi connectivity index (χ1v) is 10.1. The summed E-state index contributed by atoms with van der Waals surface area (Å²) in [5.41, 5.74) is 2.89. The number of aryl methyl sites for hydroxylation is 1. The number of nitrogens with zero attached hydrogens (tertiary/aromatic N) is 4. The molecule has 3 heterocycles. The van der Waals surface area contributed by atoms with Crippen molar-refractivity contribution in [1.29, 1.82) is 0 Å². The van der Waals surface area contributed by atoms with Crippen LogP contribution >= 0.6 is 0 Å². The Morgan fingerprint density at radius 2 is 2.00 bits per heavy atom. The van der Waals surface area contributed by atoms with E-state index >= 15 is 0 Å². The molecule has 2 aromatic heterocycles. The number of likely N-dealkylation sites (tertiary alicyclic amines) is 1. The largest absolute Gasteiger partial charge is 0.496 e. The van der Waals surface area contributed by atoms with Crippen LogP contribution in [-0.2, 0) is 0 Å². The molecule has 7 heteroatoms. The fourth-order valence-electron chi connectivity index (χ4n) is 4.15. The maximum Gasteiger partial charge on any atom is 0.257 e. The molecule has 0 spiro atoms. The van der Waals surface area contributed by atoms with Gasteiger partial charge in [0.15, 0.2) is 5.65 Å². The number of rotatable bonds is 6. The summed E-state index contributed by atoms with van der Waals surface area (Å²) in [6.07, 6.45) is 7.10. The van der Waals surface area contributed by atoms with Crippen LogP contribution in [0.5, 0.6) is 5.75 Å². The van der Waals surface area contributed by atoms with Gasteiger partial charge in [-0.05, 0) is 45.0 Å². The van der Waals surface area contributed by atoms with Crippen molar-refractivity contribution in [2.75, 3.05) is 26.7 Å². The van der Waals surface area contributed by atoms with E-state index in [1.54, 1.807) is 30.1 Å². The molecule has 1 unspecified atom stereocenters. The molecule has 0 radical (unpaired) electrons. The molecule has 0 aliphatic carbocycles. The average molecular weight is 393 g/mol. The van der Waals surface area contributed by atoms with Gasteiger partial charge in [-0.3, -0.25) is 9.69 Å². The molecule has 152 valence electrons. The van der Waals surface area contributed by atoms with Gasteiger partial charge >= 0.3 is 0 Å². The molecular weight excluding hydrogens is 366 g/mol. The van der Waals surface area contributed by atoms with Crippen molar-refractivity contribution in [2.45, 2.75) is 32.2 Å². The molecule has 1 saturated heterocycles. The molecule has 1 fully saturated rings. The highest BCUT2D eigenvalue weighted by Gasteiger charge is 2.26. The van der Waals surface area contributed by atoms with Crippen LogP contribution in [0.25, 0.3) is 5.65 Å². The van der Waals surface area contributed by atoms with Gasteiger partial charge in [-0.25, -0.2) is 9.50 Å². The van der Waals surface area contributed by atoms with Crippen molar-refractivity contribution in [3.8, 4) is 5.75 Å². The second kappa shape index (κ2) is 8.61. The van der Waals surface area contributed by atoms with Crippen molar-refractivity contribution in [1.82, 2.24) is 24.8 Å². The second-order valence-corrected chi connectivity index (χ2v) is 7.41. The van der Waals surface area contributed by atoms with E-state index in [2.05, 4.69) is 26.4 Å². The molecule has 29 heavy (non-hydrogen) atoms. The van der Waals surface area contributed by atoms with E-state index in [9.17, 15) is 4.79 Å². The minimum absolute atomic E-state index is 0.0607. The molecule has 1 atom stereocenters. The number of hydrogen-bond donors (Lipinski definition) is 1. The number of amides is 1. The summed E-state index contributed by atoms with van der Waals surface area (Å²) in [5, 5.41) is 7.54. The lowest BCUT2D eigenvalue weighted by Crippen LogP contribution is -2.41. The van der Waals surface area contributed by atoms with Crippen LogP contribution in [0.4, 0.5) is 0 Å². The van der Waals surface area contributed by atoms with E-state index in [1.165, 1.54) is 19.3 Å². The monoisotopic (exact) mass is 393 g/mol. The van der Waals surface area contributed by atoms with Gasteiger partial charge in [0.05, 0.1) is 18.8 Å². The fourth-order valence-corrected chi connectivity index (χ4v) is 4.15. The molecule has 4 rings (SSSR count). The van der Waals surface area contributed by atoms with Gasteiger partial charge in [0.2, 0.25) is 0 Å². The molecule has 1 N–H and O–H groups in total. The topological polar surface area (TPSA) is 71.8 Å². The highest BCUT2D eigenvalue weighted by molar-refractivity contribution is 6.01. The summed E-state index contributed by atoms with van der Waals surface area (Å²) < 4.78 is 7.26. The van der Waals surface area contributed by atoms with E-state index in [1.807, 2.05) is 25.1 Å². The Labute approximate surface area is 170 Å². The summed E-state index contributed by atoms with van der Waals surface area (Å²) in [6.45, 7) is 4.39. The number of ether oxygens (including phenoxy) is 1. The first-order chi connectivity index (χ1) is 14.2. The molecule has 0 saturated carbocycles. The number of para-hydroxylation sites is 1. The number of nitrogens with one attached hydrogen (secondary N) is 1. The molecule has 1 amide bonds. The molecule has 1 aliphatic rings. The third-order valence-electron chi connectivity index (χ3n) is 5.58. The predicted molar refractivity (Wildman–Crippen MR) is 111 cm³/mol. The summed E-state index contributed by atoms with van der Waals surface area (Å²) in [6, 6.07) is 9.93. The number of carbonyl (C=O) groups excluding carboxylic acids is 1. The predicted octanol–water partition coefficient (Wildman–Crippen LogP) is 3.00. The minimum atomic E-state index is -0.145. The molecular formula is C22H27N5O2. The van der Waals surface area contributed by atoms with Crippen molar-refractivity contribution in [3.05, 3.63) is 59.5 Å². The van der Waals surface area contributed by atoms with E-state index in [-0.39, 0.29) is 11.9 Å². The highest BCUT2D eigenvalue weighted by Crippen LogP contribution is 2.31. The Morgan fingerprint density at radius 1 is 1.21 bits per heavy atom.